The van der Waals surface area contributed by atoms with E-state index in [2.05, 4.69) is 43.2 Å². The summed E-state index contributed by atoms with van der Waals surface area (Å²) in [6, 6.07) is 13.6. The molecular weight excluding hydrogens is 410 g/mol. The molecule has 0 aliphatic carbocycles. The SMILES string of the molecule is COC(=O)Cn1c(C(=O)Nc2nc(-c3c(C)cc(C)cc3C)cs2)cc2ccccc21. The van der Waals surface area contributed by atoms with Gasteiger partial charge in [-0.15, -0.1) is 11.3 Å². The number of hydrogen-bond acceptors (Lipinski definition) is 5. The molecule has 1 N–H and O–H groups in total. The van der Waals surface area contributed by atoms with Crippen LogP contribution in [0.15, 0.2) is 47.8 Å². The van der Waals surface area contributed by atoms with Crippen LogP contribution in [0, 0.1) is 20.8 Å². The summed E-state index contributed by atoms with van der Waals surface area (Å²) in [5, 5.41) is 6.22. The molecule has 7 heteroatoms. The summed E-state index contributed by atoms with van der Waals surface area (Å²) in [6.45, 7) is 6.16. The lowest BCUT2D eigenvalue weighted by atomic mass is 9.98. The van der Waals surface area contributed by atoms with Crippen molar-refractivity contribution in [2.75, 3.05) is 12.4 Å². The normalized spacial score (nSPS) is 11.0. The first kappa shape index (κ1) is 20.8. The molecule has 0 saturated heterocycles. The first-order valence-corrected chi connectivity index (χ1v) is 10.8. The molecule has 0 aliphatic rings. The first-order valence-electron chi connectivity index (χ1n) is 9.87. The molecule has 2 aromatic carbocycles. The standard InChI is InChI=1S/C24H23N3O3S/c1-14-9-15(2)22(16(3)10-14)18-13-31-24(25-18)26-23(29)20-11-17-7-5-6-8-19(17)27(20)12-21(28)30-4/h5-11,13H,12H2,1-4H3,(H,25,26,29). The van der Waals surface area contributed by atoms with E-state index in [9.17, 15) is 9.59 Å². The highest BCUT2D eigenvalue weighted by Gasteiger charge is 2.19. The second-order valence-corrected chi connectivity index (χ2v) is 8.37. The Kier molecular flexibility index (Phi) is 5.61. The topological polar surface area (TPSA) is 73.2 Å². The second kappa shape index (κ2) is 8.35. The lowest BCUT2D eigenvalue weighted by molar-refractivity contribution is -0.141. The minimum absolute atomic E-state index is 0.0440. The zero-order valence-corrected chi connectivity index (χ0v) is 18.7. The maximum Gasteiger partial charge on any atom is 0.325 e. The molecule has 0 aliphatic heterocycles. The van der Waals surface area contributed by atoms with E-state index in [1.165, 1.54) is 24.0 Å². The van der Waals surface area contributed by atoms with Crippen molar-refractivity contribution in [3.63, 3.8) is 0 Å². The number of rotatable bonds is 5. The monoisotopic (exact) mass is 433 g/mol. The summed E-state index contributed by atoms with van der Waals surface area (Å²) in [5.74, 6) is -0.740. The molecule has 1 amide bonds. The predicted molar refractivity (Wildman–Crippen MR) is 124 cm³/mol. The summed E-state index contributed by atoms with van der Waals surface area (Å²) in [5.41, 5.74) is 6.61. The van der Waals surface area contributed by atoms with Crippen molar-refractivity contribution in [1.29, 1.82) is 0 Å². The number of para-hydroxylation sites is 1. The molecule has 4 aromatic rings. The van der Waals surface area contributed by atoms with Gasteiger partial charge in [0.1, 0.15) is 12.2 Å². The van der Waals surface area contributed by atoms with Crippen molar-refractivity contribution in [1.82, 2.24) is 9.55 Å². The third kappa shape index (κ3) is 4.09. The smallest absolute Gasteiger partial charge is 0.325 e. The van der Waals surface area contributed by atoms with Gasteiger partial charge in [0.05, 0.1) is 12.8 Å². The van der Waals surface area contributed by atoms with Crippen molar-refractivity contribution in [2.45, 2.75) is 27.3 Å². The number of methoxy groups -OCH3 is 1. The Morgan fingerprint density at radius 1 is 1.10 bits per heavy atom. The van der Waals surface area contributed by atoms with Crippen LogP contribution in [-0.2, 0) is 16.1 Å². The molecule has 0 radical (unpaired) electrons. The van der Waals surface area contributed by atoms with Gasteiger partial charge in [0, 0.05) is 21.8 Å². The highest BCUT2D eigenvalue weighted by molar-refractivity contribution is 7.14. The van der Waals surface area contributed by atoms with Crippen LogP contribution in [0.3, 0.4) is 0 Å². The van der Waals surface area contributed by atoms with Gasteiger partial charge in [0.15, 0.2) is 5.13 Å². The van der Waals surface area contributed by atoms with Crippen LogP contribution in [0.2, 0.25) is 0 Å². The van der Waals surface area contributed by atoms with Gasteiger partial charge in [0.2, 0.25) is 0 Å². The van der Waals surface area contributed by atoms with Crippen LogP contribution < -0.4 is 5.32 Å². The van der Waals surface area contributed by atoms with Crippen LogP contribution >= 0.6 is 11.3 Å². The average molecular weight is 434 g/mol. The number of nitrogens with one attached hydrogen (secondary N) is 1. The highest BCUT2D eigenvalue weighted by atomic mass is 32.1. The number of fused-ring (bicyclic) bond motifs is 1. The fourth-order valence-corrected chi connectivity index (χ4v) is 4.65. The second-order valence-electron chi connectivity index (χ2n) is 7.52. The molecule has 0 unspecified atom stereocenters. The predicted octanol–water partition coefficient (Wildman–Crippen LogP) is 5.12. The number of thiazole rings is 1. The number of amides is 1. The Morgan fingerprint density at radius 3 is 2.52 bits per heavy atom. The van der Waals surface area contributed by atoms with Crippen LogP contribution in [0.4, 0.5) is 5.13 Å². The van der Waals surface area contributed by atoms with Crippen molar-refractivity contribution in [2.24, 2.45) is 0 Å². The number of esters is 1. The number of carbonyl (C=O) groups is 2. The molecule has 0 bridgehead atoms. The van der Waals surface area contributed by atoms with Gasteiger partial charge in [0.25, 0.3) is 5.91 Å². The molecule has 0 fully saturated rings. The quantitative estimate of drug-likeness (QED) is 0.444. The molecule has 2 heterocycles. The molecule has 158 valence electrons. The first-order chi connectivity index (χ1) is 14.9. The Morgan fingerprint density at radius 2 is 1.81 bits per heavy atom. The van der Waals surface area contributed by atoms with E-state index >= 15 is 0 Å². The molecule has 6 nitrogen and oxygen atoms in total. The number of hydrogen-bond donors (Lipinski definition) is 1. The van der Waals surface area contributed by atoms with Crippen LogP contribution in [0.25, 0.3) is 22.2 Å². The minimum atomic E-state index is -0.419. The van der Waals surface area contributed by atoms with Gasteiger partial charge in [-0.25, -0.2) is 4.98 Å². The van der Waals surface area contributed by atoms with Gasteiger partial charge >= 0.3 is 5.97 Å². The van der Waals surface area contributed by atoms with Gasteiger partial charge in [-0.2, -0.15) is 0 Å². The van der Waals surface area contributed by atoms with E-state index in [0.29, 0.717) is 10.8 Å². The van der Waals surface area contributed by atoms with Gasteiger partial charge in [-0.3, -0.25) is 14.9 Å². The van der Waals surface area contributed by atoms with Crippen LogP contribution in [0.5, 0.6) is 0 Å². The lowest BCUT2D eigenvalue weighted by Gasteiger charge is -2.09. The highest BCUT2D eigenvalue weighted by Crippen LogP contribution is 2.31. The van der Waals surface area contributed by atoms with Crippen molar-refractivity contribution >= 4 is 39.2 Å². The Labute approximate surface area is 184 Å². The Hall–Kier alpha value is -3.45. The molecule has 4 rings (SSSR count). The molecule has 31 heavy (non-hydrogen) atoms. The Bertz CT molecular complexity index is 1280. The number of ether oxygens (including phenoxy) is 1. The summed E-state index contributed by atoms with van der Waals surface area (Å²) in [7, 11) is 1.33. The maximum absolute atomic E-state index is 13.1. The number of aryl methyl sites for hydroxylation is 3. The molecule has 2 aromatic heterocycles. The summed E-state index contributed by atoms with van der Waals surface area (Å²) < 4.78 is 6.47. The van der Waals surface area contributed by atoms with E-state index < -0.39 is 5.97 Å². The third-order valence-electron chi connectivity index (χ3n) is 5.22. The van der Waals surface area contributed by atoms with E-state index in [1.54, 1.807) is 10.6 Å². The average Bonchev–Trinajstić information content (AvgIpc) is 3.32. The van der Waals surface area contributed by atoms with E-state index in [1.807, 2.05) is 29.6 Å². The van der Waals surface area contributed by atoms with Gasteiger partial charge in [-0.1, -0.05) is 35.9 Å². The van der Waals surface area contributed by atoms with E-state index in [0.717, 1.165) is 33.3 Å². The maximum atomic E-state index is 13.1. The summed E-state index contributed by atoms with van der Waals surface area (Å²) in [6.07, 6.45) is 0. The third-order valence-corrected chi connectivity index (χ3v) is 5.97. The van der Waals surface area contributed by atoms with Gasteiger partial charge in [-0.05, 0) is 44.0 Å². The summed E-state index contributed by atoms with van der Waals surface area (Å²) in [4.78, 5) is 29.6. The number of anilines is 1. The number of benzene rings is 2. The van der Waals surface area contributed by atoms with Crippen LogP contribution in [-0.4, -0.2) is 28.5 Å². The van der Waals surface area contributed by atoms with Crippen molar-refractivity contribution in [3.8, 4) is 11.3 Å². The van der Waals surface area contributed by atoms with Crippen molar-refractivity contribution in [3.05, 3.63) is 70.2 Å². The molecule has 0 atom stereocenters. The minimum Gasteiger partial charge on any atom is -0.468 e. The molecule has 0 spiro atoms. The largest absolute Gasteiger partial charge is 0.468 e. The fourth-order valence-electron chi connectivity index (χ4n) is 3.95. The molecular formula is C24H23N3O3S. The zero-order chi connectivity index (χ0) is 22.1. The van der Waals surface area contributed by atoms with E-state index in [-0.39, 0.29) is 12.5 Å². The van der Waals surface area contributed by atoms with Gasteiger partial charge < -0.3 is 9.30 Å². The summed E-state index contributed by atoms with van der Waals surface area (Å²) >= 11 is 1.38. The number of carbonyl (C=O) groups excluding carboxylic acids is 2. The zero-order valence-electron chi connectivity index (χ0n) is 17.9. The number of aromatic nitrogens is 2. The Balaban J connectivity index is 1.65. The molecule has 0 saturated carbocycles. The fraction of sp³-hybridized carbons (Fsp3) is 0.208. The van der Waals surface area contributed by atoms with Crippen molar-refractivity contribution < 1.29 is 14.3 Å². The van der Waals surface area contributed by atoms with Crippen LogP contribution in [0.1, 0.15) is 27.2 Å². The van der Waals surface area contributed by atoms with E-state index in [4.69, 9.17) is 4.74 Å². The number of nitrogens with zero attached hydrogens (tertiary/aromatic N) is 2. The lowest BCUT2D eigenvalue weighted by Crippen LogP contribution is -2.20.